The molecule has 19 heavy (non-hydrogen) atoms. The minimum absolute atomic E-state index is 0.190. The number of pyridine rings is 1. The Kier molecular flexibility index (Phi) is 3.65. The van der Waals surface area contributed by atoms with Gasteiger partial charge in [-0.15, -0.1) is 0 Å². The Bertz CT molecular complexity index is 612. The van der Waals surface area contributed by atoms with Crippen molar-refractivity contribution in [3.05, 3.63) is 33.9 Å². The molecule has 100 valence electrons. The second-order valence-corrected chi connectivity index (χ2v) is 6.07. The first-order valence-corrected chi connectivity index (χ1v) is 7.50. The maximum absolute atomic E-state index is 9.61. The van der Waals surface area contributed by atoms with Crippen molar-refractivity contribution in [3.8, 4) is 0 Å². The van der Waals surface area contributed by atoms with E-state index in [0.29, 0.717) is 5.15 Å². The first kappa shape index (κ1) is 13.2. The molecule has 1 aromatic heterocycles. The number of anilines is 1. The largest absolute Gasteiger partial charge is 0.393 e. The highest BCUT2D eigenvalue weighted by molar-refractivity contribution is 9.10. The van der Waals surface area contributed by atoms with Gasteiger partial charge in [0.2, 0.25) is 0 Å². The standard InChI is InChI=1S/C14H14BrClN2O/c15-11-3-1-2-9-8-12(16)17-14(13(9)11)18-6-4-10(19)5-7-18/h1-3,8,10,19H,4-7H2. The van der Waals surface area contributed by atoms with E-state index in [0.717, 1.165) is 47.0 Å². The summed E-state index contributed by atoms with van der Waals surface area (Å²) in [4.78, 5) is 6.69. The van der Waals surface area contributed by atoms with Crippen molar-refractivity contribution < 1.29 is 5.11 Å². The predicted molar refractivity (Wildman–Crippen MR) is 81.9 cm³/mol. The van der Waals surface area contributed by atoms with E-state index in [4.69, 9.17) is 11.6 Å². The number of fused-ring (bicyclic) bond motifs is 1. The van der Waals surface area contributed by atoms with Gasteiger partial charge in [0.25, 0.3) is 0 Å². The first-order valence-electron chi connectivity index (χ1n) is 6.33. The van der Waals surface area contributed by atoms with Crippen LogP contribution in [0.15, 0.2) is 28.7 Å². The molecule has 2 aromatic rings. The molecule has 5 heteroatoms. The fourth-order valence-electron chi connectivity index (χ4n) is 2.52. The molecule has 1 aliphatic heterocycles. The lowest BCUT2D eigenvalue weighted by molar-refractivity contribution is 0.145. The quantitative estimate of drug-likeness (QED) is 0.805. The maximum atomic E-state index is 9.61. The van der Waals surface area contributed by atoms with Gasteiger partial charge in [0.15, 0.2) is 0 Å². The Morgan fingerprint density at radius 3 is 2.79 bits per heavy atom. The Morgan fingerprint density at radius 1 is 1.32 bits per heavy atom. The van der Waals surface area contributed by atoms with E-state index in [9.17, 15) is 5.11 Å². The van der Waals surface area contributed by atoms with Crippen LogP contribution in [-0.4, -0.2) is 29.3 Å². The van der Waals surface area contributed by atoms with Crippen molar-refractivity contribution in [2.24, 2.45) is 0 Å². The van der Waals surface area contributed by atoms with Crippen LogP contribution in [0.2, 0.25) is 5.15 Å². The summed E-state index contributed by atoms with van der Waals surface area (Å²) in [5, 5.41) is 12.3. The maximum Gasteiger partial charge on any atom is 0.139 e. The van der Waals surface area contributed by atoms with Crippen LogP contribution < -0.4 is 4.90 Å². The van der Waals surface area contributed by atoms with Crippen LogP contribution in [0.3, 0.4) is 0 Å². The lowest BCUT2D eigenvalue weighted by Crippen LogP contribution is -2.36. The Morgan fingerprint density at radius 2 is 2.05 bits per heavy atom. The van der Waals surface area contributed by atoms with E-state index in [1.165, 1.54) is 0 Å². The number of hydrogen-bond donors (Lipinski definition) is 1. The highest BCUT2D eigenvalue weighted by Gasteiger charge is 2.21. The zero-order valence-electron chi connectivity index (χ0n) is 10.3. The number of hydrogen-bond acceptors (Lipinski definition) is 3. The number of nitrogens with zero attached hydrogens (tertiary/aromatic N) is 2. The van der Waals surface area contributed by atoms with Gasteiger partial charge in [-0.2, -0.15) is 0 Å². The number of aliphatic hydroxyl groups is 1. The van der Waals surface area contributed by atoms with Crippen LogP contribution in [0.4, 0.5) is 5.82 Å². The fourth-order valence-corrected chi connectivity index (χ4v) is 3.28. The minimum atomic E-state index is -0.190. The second-order valence-electron chi connectivity index (χ2n) is 4.82. The highest BCUT2D eigenvalue weighted by Crippen LogP contribution is 2.34. The fraction of sp³-hybridized carbons (Fsp3) is 0.357. The summed E-state index contributed by atoms with van der Waals surface area (Å²) in [5.41, 5.74) is 0. The van der Waals surface area contributed by atoms with Crippen LogP contribution in [0.25, 0.3) is 10.8 Å². The van der Waals surface area contributed by atoms with Crippen LogP contribution >= 0.6 is 27.5 Å². The van der Waals surface area contributed by atoms with Gasteiger partial charge in [-0.25, -0.2) is 4.98 Å². The zero-order valence-corrected chi connectivity index (χ0v) is 12.7. The summed E-state index contributed by atoms with van der Waals surface area (Å²) in [5.74, 6) is 0.905. The van der Waals surface area contributed by atoms with Crippen LogP contribution in [0.1, 0.15) is 12.8 Å². The minimum Gasteiger partial charge on any atom is -0.393 e. The van der Waals surface area contributed by atoms with Crippen LogP contribution in [-0.2, 0) is 0 Å². The summed E-state index contributed by atoms with van der Waals surface area (Å²) < 4.78 is 1.02. The SMILES string of the molecule is OC1CCN(c2nc(Cl)cc3cccc(Br)c23)CC1. The van der Waals surface area contributed by atoms with Crippen LogP contribution in [0.5, 0.6) is 0 Å². The van der Waals surface area contributed by atoms with E-state index >= 15 is 0 Å². The van der Waals surface area contributed by atoms with E-state index < -0.39 is 0 Å². The van der Waals surface area contributed by atoms with Gasteiger partial charge in [0, 0.05) is 22.9 Å². The van der Waals surface area contributed by atoms with Gasteiger partial charge in [-0.1, -0.05) is 39.7 Å². The third-order valence-corrected chi connectivity index (χ3v) is 4.38. The second kappa shape index (κ2) is 5.27. The molecule has 0 aliphatic carbocycles. The molecule has 2 heterocycles. The molecule has 0 spiro atoms. The van der Waals surface area contributed by atoms with E-state index in [1.807, 2.05) is 24.3 Å². The number of benzene rings is 1. The van der Waals surface area contributed by atoms with Gasteiger partial charge in [-0.3, -0.25) is 0 Å². The average Bonchev–Trinajstić information content (AvgIpc) is 2.38. The average molecular weight is 342 g/mol. The number of halogens is 2. The molecule has 0 amide bonds. The van der Waals surface area contributed by atoms with Crippen molar-refractivity contribution in [2.45, 2.75) is 18.9 Å². The molecular weight excluding hydrogens is 328 g/mol. The molecule has 1 fully saturated rings. The topological polar surface area (TPSA) is 36.4 Å². The predicted octanol–water partition coefficient (Wildman–Crippen LogP) is 3.61. The Hall–Kier alpha value is -0.840. The molecule has 3 nitrogen and oxygen atoms in total. The first-order chi connectivity index (χ1) is 9.15. The third-order valence-electron chi connectivity index (χ3n) is 3.52. The molecule has 0 radical (unpaired) electrons. The number of aromatic nitrogens is 1. The van der Waals surface area contributed by atoms with Crippen molar-refractivity contribution in [1.82, 2.24) is 4.98 Å². The molecular formula is C14H14BrClN2O. The summed E-state index contributed by atoms with van der Waals surface area (Å²) in [6, 6.07) is 7.92. The summed E-state index contributed by atoms with van der Waals surface area (Å²) >= 11 is 9.71. The van der Waals surface area contributed by atoms with Gasteiger partial charge in [-0.05, 0) is 30.4 Å². The summed E-state index contributed by atoms with van der Waals surface area (Å²) in [6.07, 6.45) is 1.37. The van der Waals surface area contributed by atoms with E-state index in [-0.39, 0.29) is 6.10 Å². The van der Waals surface area contributed by atoms with Crippen molar-refractivity contribution in [3.63, 3.8) is 0 Å². The monoisotopic (exact) mass is 340 g/mol. The normalized spacial score (nSPS) is 17.1. The lowest BCUT2D eigenvalue weighted by atomic mass is 10.1. The summed E-state index contributed by atoms with van der Waals surface area (Å²) in [6.45, 7) is 1.62. The van der Waals surface area contributed by atoms with Crippen molar-refractivity contribution >= 4 is 44.1 Å². The molecule has 1 N–H and O–H groups in total. The van der Waals surface area contributed by atoms with E-state index in [2.05, 4.69) is 25.8 Å². The van der Waals surface area contributed by atoms with Crippen molar-refractivity contribution in [2.75, 3.05) is 18.0 Å². The van der Waals surface area contributed by atoms with Gasteiger partial charge < -0.3 is 10.0 Å². The summed E-state index contributed by atoms with van der Waals surface area (Å²) in [7, 11) is 0. The van der Waals surface area contributed by atoms with Crippen molar-refractivity contribution in [1.29, 1.82) is 0 Å². The molecule has 1 aromatic carbocycles. The third kappa shape index (κ3) is 2.57. The van der Waals surface area contributed by atoms with Gasteiger partial charge in [0.05, 0.1) is 6.10 Å². The molecule has 0 atom stereocenters. The lowest BCUT2D eigenvalue weighted by Gasteiger charge is -2.31. The highest BCUT2D eigenvalue weighted by atomic mass is 79.9. The number of aliphatic hydroxyl groups excluding tert-OH is 1. The van der Waals surface area contributed by atoms with E-state index in [1.54, 1.807) is 0 Å². The molecule has 1 aliphatic rings. The Balaban J connectivity index is 2.11. The number of piperidine rings is 1. The van der Waals surface area contributed by atoms with Gasteiger partial charge in [0.1, 0.15) is 11.0 Å². The molecule has 0 bridgehead atoms. The molecule has 0 unspecified atom stereocenters. The molecule has 3 rings (SSSR count). The van der Waals surface area contributed by atoms with Gasteiger partial charge >= 0.3 is 0 Å². The molecule has 0 saturated carbocycles. The smallest absolute Gasteiger partial charge is 0.139 e. The zero-order chi connectivity index (χ0) is 13.4. The number of rotatable bonds is 1. The molecule has 1 saturated heterocycles. The van der Waals surface area contributed by atoms with Crippen LogP contribution in [0, 0.1) is 0 Å². The Labute approximate surface area is 125 Å².